The Kier molecular flexibility index (Phi) is 4.31. The summed E-state index contributed by atoms with van der Waals surface area (Å²) in [7, 11) is 0. The molecule has 0 saturated heterocycles. The maximum atomic E-state index is 12.0. The molecule has 0 bridgehead atoms. The Morgan fingerprint density at radius 2 is 2.10 bits per heavy atom. The highest BCUT2D eigenvalue weighted by molar-refractivity contribution is 5.37. The van der Waals surface area contributed by atoms with Crippen molar-refractivity contribution in [1.29, 1.82) is 0 Å². The fourth-order valence-electron chi connectivity index (χ4n) is 2.95. The van der Waals surface area contributed by atoms with Gasteiger partial charge in [-0.1, -0.05) is 6.07 Å². The van der Waals surface area contributed by atoms with Gasteiger partial charge >= 0.3 is 0 Å². The summed E-state index contributed by atoms with van der Waals surface area (Å²) in [6.45, 7) is 1.53. The van der Waals surface area contributed by atoms with Gasteiger partial charge < -0.3 is 10.4 Å². The summed E-state index contributed by atoms with van der Waals surface area (Å²) in [5, 5.41) is 12.9. The molecule has 0 aliphatic heterocycles. The van der Waals surface area contributed by atoms with Crippen LogP contribution in [0.15, 0.2) is 35.3 Å². The predicted octanol–water partition coefficient (Wildman–Crippen LogP) is 1.34. The third-order valence-corrected chi connectivity index (χ3v) is 4.18. The van der Waals surface area contributed by atoms with Crippen molar-refractivity contribution in [3.8, 4) is 0 Å². The highest BCUT2D eigenvalue weighted by atomic mass is 16.3. The van der Waals surface area contributed by atoms with Gasteiger partial charge in [0, 0.05) is 18.8 Å². The van der Waals surface area contributed by atoms with Crippen LogP contribution in [-0.2, 0) is 6.54 Å². The lowest BCUT2D eigenvalue weighted by Gasteiger charge is -2.25. The Balaban J connectivity index is 1.59. The van der Waals surface area contributed by atoms with Gasteiger partial charge in [0.2, 0.25) is 0 Å². The molecule has 0 unspecified atom stereocenters. The molecule has 0 aromatic carbocycles. The minimum Gasteiger partial charge on any atom is -0.393 e. The van der Waals surface area contributed by atoms with E-state index in [1.54, 1.807) is 16.7 Å². The molecule has 3 rings (SSSR count). The summed E-state index contributed by atoms with van der Waals surface area (Å²) >= 11 is 0. The molecule has 1 aliphatic carbocycles. The Bertz CT molecular complexity index is 660. The molecule has 1 saturated carbocycles. The lowest BCUT2D eigenvalue weighted by atomic mass is 9.87. The van der Waals surface area contributed by atoms with Crippen molar-refractivity contribution >= 4 is 5.65 Å². The number of fused-ring (bicyclic) bond motifs is 1. The first-order valence-electron chi connectivity index (χ1n) is 7.58. The van der Waals surface area contributed by atoms with Gasteiger partial charge in [0.1, 0.15) is 5.65 Å². The van der Waals surface area contributed by atoms with Gasteiger partial charge in [-0.05, 0) is 50.3 Å². The molecule has 0 amide bonds. The van der Waals surface area contributed by atoms with Gasteiger partial charge in [-0.2, -0.15) is 0 Å². The second-order valence-corrected chi connectivity index (χ2v) is 5.82. The molecule has 5 heteroatoms. The minimum absolute atomic E-state index is 0.0433. The monoisotopic (exact) mass is 287 g/mol. The number of hydrogen-bond donors (Lipinski definition) is 2. The van der Waals surface area contributed by atoms with Crippen molar-refractivity contribution < 1.29 is 5.11 Å². The van der Waals surface area contributed by atoms with E-state index in [4.69, 9.17) is 0 Å². The molecule has 2 aromatic heterocycles. The molecular formula is C16H21N3O2. The first kappa shape index (κ1) is 14.2. The van der Waals surface area contributed by atoms with Gasteiger partial charge in [-0.15, -0.1) is 0 Å². The van der Waals surface area contributed by atoms with Crippen LogP contribution in [0.2, 0.25) is 0 Å². The largest absolute Gasteiger partial charge is 0.393 e. The molecular weight excluding hydrogens is 266 g/mol. The predicted molar refractivity (Wildman–Crippen MR) is 81.1 cm³/mol. The van der Waals surface area contributed by atoms with Crippen LogP contribution in [0.25, 0.3) is 5.65 Å². The van der Waals surface area contributed by atoms with E-state index in [-0.39, 0.29) is 11.7 Å². The first-order chi connectivity index (χ1) is 10.2. The van der Waals surface area contributed by atoms with Gasteiger partial charge in [0.25, 0.3) is 5.56 Å². The summed E-state index contributed by atoms with van der Waals surface area (Å²) in [6, 6.07) is 7.13. The highest BCUT2D eigenvalue weighted by Crippen LogP contribution is 2.23. The molecule has 2 heterocycles. The van der Waals surface area contributed by atoms with Crippen LogP contribution in [0.5, 0.6) is 0 Å². The van der Waals surface area contributed by atoms with E-state index in [2.05, 4.69) is 10.3 Å². The Morgan fingerprint density at radius 3 is 2.90 bits per heavy atom. The Morgan fingerprint density at radius 1 is 1.29 bits per heavy atom. The molecule has 21 heavy (non-hydrogen) atoms. The van der Waals surface area contributed by atoms with Crippen LogP contribution in [0.4, 0.5) is 0 Å². The Hall–Kier alpha value is -1.72. The highest BCUT2D eigenvalue weighted by Gasteiger charge is 2.18. The van der Waals surface area contributed by atoms with E-state index >= 15 is 0 Å². The fraction of sp³-hybridized carbons (Fsp3) is 0.500. The number of pyridine rings is 1. The molecule has 0 atom stereocenters. The van der Waals surface area contributed by atoms with Crippen LogP contribution < -0.4 is 10.9 Å². The van der Waals surface area contributed by atoms with Crippen LogP contribution in [0.3, 0.4) is 0 Å². The minimum atomic E-state index is -0.108. The maximum Gasteiger partial charge on any atom is 0.258 e. The molecule has 112 valence electrons. The summed E-state index contributed by atoms with van der Waals surface area (Å²) in [4.78, 5) is 16.5. The average Bonchev–Trinajstić information content (AvgIpc) is 2.49. The molecule has 0 spiro atoms. The molecule has 5 nitrogen and oxygen atoms in total. The van der Waals surface area contributed by atoms with Gasteiger partial charge in [-0.3, -0.25) is 9.20 Å². The van der Waals surface area contributed by atoms with Crippen molar-refractivity contribution in [3.63, 3.8) is 0 Å². The summed E-state index contributed by atoms with van der Waals surface area (Å²) < 4.78 is 1.55. The normalized spacial score (nSPS) is 22.5. The number of nitrogens with one attached hydrogen (secondary N) is 1. The van der Waals surface area contributed by atoms with Crippen LogP contribution >= 0.6 is 0 Å². The number of aromatic nitrogens is 2. The SMILES string of the molecule is O=c1cc(CNCC2CCC(O)CC2)nc2ccccn12. The average molecular weight is 287 g/mol. The number of aliphatic hydroxyl groups excluding tert-OH is 1. The maximum absolute atomic E-state index is 12.0. The third kappa shape index (κ3) is 3.49. The Labute approximate surface area is 123 Å². The topological polar surface area (TPSA) is 66.6 Å². The smallest absolute Gasteiger partial charge is 0.258 e. The van der Waals surface area contributed by atoms with Crippen LogP contribution in [0, 0.1) is 5.92 Å². The van der Waals surface area contributed by atoms with Crippen molar-refractivity contribution in [2.45, 2.75) is 38.3 Å². The molecule has 2 N–H and O–H groups in total. The van der Waals surface area contributed by atoms with Crippen LogP contribution in [0.1, 0.15) is 31.4 Å². The van der Waals surface area contributed by atoms with Crippen LogP contribution in [-0.4, -0.2) is 27.1 Å². The number of rotatable bonds is 4. The van der Waals surface area contributed by atoms with E-state index in [9.17, 15) is 9.90 Å². The summed E-state index contributed by atoms with van der Waals surface area (Å²) in [5.41, 5.74) is 1.42. The van der Waals surface area contributed by atoms with E-state index in [1.165, 1.54) is 0 Å². The lowest BCUT2D eigenvalue weighted by molar-refractivity contribution is 0.108. The first-order valence-corrected chi connectivity index (χ1v) is 7.58. The third-order valence-electron chi connectivity index (χ3n) is 4.18. The van der Waals surface area contributed by atoms with Crippen molar-refractivity contribution in [1.82, 2.24) is 14.7 Å². The number of aliphatic hydroxyl groups is 1. The van der Waals surface area contributed by atoms with E-state index in [1.807, 2.05) is 18.2 Å². The fourth-order valence-corrected chi connectivity index (χ4v) is 2.95. The molecule has 2 aromatic rings. The number of nitrogens with zero attached hydrogens (tertiary/aromatic N) is 2. The van der Waals surface area contributed by atoms with Crippen molar-refractivity contribution in [2.75, 3.05) is 6.54 Å². The summed E-state index contributed by atoms with van der Waals surface area (Å²) in [6.07, 6.45) is 5.58. The van der Waals surface area contributed by atoms with Gasteiger partial charge in [0.15, 0.2) is 0 Å². The zero-order valence-corrected chi connectivity index (χ0v) is 12.0. The number of hydrogen-bond acceptors (Lipinski definition) is 4. The second kappa shape index (κ2) is 6.37. The molecule has 1 aliphatic rings. The summed E-state index contributed by atoms with van der Waals surface area (Å²) in [5.74, 6) is 0.620. The standard InChI is InChI=1S/C16H21N3O2/c20-14-6-4-12(5-7-14)10-17-11-13-9-16(21)19-8-2-1-3-15(19)18-13/h1-3,8-9,12,14,17,20H,4-7,10-11H2. The van der Waals surface area contributed by atoms with E-state index in [0.717, 1.165) is 37.9 Å². The van der Waals surface area contributed by atoms with Crippen molar-refractivity contribution in [2.24, 2.45) is 5.92 Å². The second-order valence-electron chi connectivity index (χ2n) is 5.82. The quantitative estimate of drug-likeness (QED) is 0.890. The zero-order valence-electron chi connectivity index (χ0n) is 12.0. The van der Waals surface area contributed by atoms with E-state index in [0.29, 0.717) is 18.1 Å². The van der Waals surface area contributed by atoms with Crippen molar-refractivity contribution in [3.05, 3.63) is 46.5 Å². The molecule has 1 fully saturated rings. The lowest BCUT2D eigenvalue weighted by Crippen LogP contribution is -2.28. The molecule has 0 radical (unpaired) electrons. The zero-order chi connectivity index (χ0) is 14.7. The van der Waals surface area contributed by atoms with E-state index < -0.39 is 0 Å². The van der Waals surface area contributed by atoms with Gasteiger partial charge in [-0.25, -0.2) is 4.98 Å². The van der Waals surface area contributed by atoms with Gasteiger partial charge in [0.05, 0.1) is 11.8 Å².